The highest BCUT2D eigenvalue weighted by Crippen LogP contribution is 2.35. The molecule has 7 heteroatoms. The van der Waals surface area contributed by atoms with Crippen LogP contribution in [0.2, 0.25) is 5.02 Å². The monoisotopic (exact) mass is 376 g/mol. The summed E-state index contributed by atoms with van der Waals surface area (Å²) in [6.45, 7) is -0.598. The van der Waals surface area contributed by atoms with E-state index in [1.807, 2.05) is 0 Å². The molecule has 24 heavy (non-hydrogen) atoms. The number of halogens is 4. The maximum Gasteiger partial charge on any atom is 0.185 e. The lowest BCUT2D eigenvalue weighted by Gasteiger charge is -2.19. The summed E-state index contributed by atoms with van der Waals surface area (Å²) in [5, 5.41) is -0.930. The smallest absolute Gasteiger partial charge is 0.185 e. The zero-order chi connectivity index (χ0) is 17.7. The molecule has 2 rings (SSSR count). The van der Waals surface area contributed by atoms with Gasteiger partial charge in [0.1, 0.15) is 11.6 Å². The highest BCUT2D eigenvalue weighted by molar-refractivity contribution is 7.91. The van der Waals surface area contributed by atoms with Crippen molar-refractivity contribution < 1.29 is 21.6 Å². The average molecular weight is 377 g/mol. The van der Waals surface area contributed by atoms with E-state index in [2.05, 4.69) is 0 Å². The fourth-order valence-electron chi connectivity index (χ4n) is 2.45. The van der Waals surface area contributed by atoms with E-state index >= 15 is 0 Å². The summed E-state index contributed by atoms with van der Waals surface area (Å²) >= 11 is 5.76. The van der Waals surface area contributed by atoms with Gasteiger partial charge in [0.25, 0.3) is 0 Å². The summed E-state index contributed by atoms with van der Waals surface area (Å²) in [4.78, 5) is -0.0409. The molecule has 2 nitrogen and oxygen atoms in total. The predicted octanol–water partition coefficient (Wildman–Crippen LogP) is 5.27. The van der Waals surface area contributed by atoms with Crippen molar-refractivity contribution in [3.05, 3.63) is 64.7 Å². The summed E-state index contributed by atoms with van der Waals surface area (Å²) in [5.74, 6) is -1.53. The molecule has 0 bridgehead atoms. The highest BCUT2D eigenvalue weighted by Gasteiger charge is 2.31. The Morgan fingerprint density at radius 1 is 1.00 bits per heavy atom. The lowest BCUT2D eigenvalue weighted by molar-refractivity contribution is 0.451. The Hall–Kier alpha value is -1.53. The normalized spacial score (nSPS) is 13.0. The van der Waals surface area contributed by atoms with Crippen molar-refractivity contribution in [2.24, 2.45) is 0 Å². The van der Waals surface area contributed by atoms with Gasteiger partial charge in [-0.3, -0.25) is 4.39 Å². The van der Waals surface area contributed by atoms with Gasteiger partial charge in [0, 0.05) is 10.6 Å². The lowest BCUT2D eigenvalue weighted by Crippen LogP contribution is -2.16. The maximum atomic E-state index is 14.1. The minimum absolute atomic E-state index is 0.00471. The lowest BCUT2D eigenvalue weighted by atomic mass is 10.1. The van der Waals surface area contributed by atoms with Crippen LogP contribution in [0, 0.1) is 11.6 Å². The minimum atomic E-state index is -3.98. The molecule has 0 amide bonds. The van der Waals surface area contributed by atoms with Crippen LogP contribution in [0.3, 0.4) is 0 Å². The number of unbranched alkanes of at least 4 members (excludes halogenated alkanes) is 1. The van der Waals surface area contributed by atoms with Gasteiger partial charge in [-0.25, -0.2) is 17.2 Å². The first-order chi connectivity index (χ1) is 11.4. The summed E-state index contributed by atoms with van der Waals surface area (Å²) in [7, 11) is -3.98. The molecule has 0 aromatic heterocycles. The molecule has 130 valence electrons. The number of hydrogen-bond donors (Lipinski definition) is 0. The van der Waals surface area contributed by atoms with Gasteiger partial charge in [-0.2, -0.15) is 0 Å². The van der Waals surface area contributed by atoms with Crippen molar-refractivity contribution in [3.8, 4) is 0 Å². The molecule has 0 spiro atoms. The van der Waals surface area contributed by atoms with Crippen LogP contribution in [0.1, 0.15) is 30.1 Å². The molecule has 0 saturated heterocycles. The van der Waals surface area contributed by atoms with E-state index in [1.165, 1.54) is 24.3 Å². The van der Waals surface area contributed by atoms with Crippen LogP contribution in [0.4, 0.5) is 13.2 Å². The molecule has 0 fully saturated rings. The third-order valence-corrected chi connectivity index (χ3v) is 6.09. The number of rotatable bonds is 7. The van der Waals surface area contributed by atoms with Crippen LogP contribution in [-0.4, -0.2) is 15.1 Å². The predicted molar refractivity (Wildman–Crippen MR) is 87.6 cm³/mol. The van der Waals surface area contributed by atoms with E-state index < -0.39 is 33.4 Å². The van der Waals surface area contributed by atoms with E-state index in [-0.39, 0.29) is 29.7 Å². The molecule has 0 aliphatic carbocycles. The summed E-state index contributed by atoms with van der Waals surface area (Å²) in [5.41, 5.74) is -0.246. The van der Waals surface area contributed by atoms with E-state index in [1.54, 1.807) is 0 Å². The Balaban J connectivity index is 2.48. The van der Waals surface area contributed by atoms with Crippen molar-refractivity contribution in [1.82, 2.24) is 0 Å². The summed E-state index contributed by atoms with van der Waals surface area (Å²) in [6.07, 6.45) is 0.392. The van der Waals surface area contributed by atoms with Crippen molar-refractivity contribution in [3.63, 3.8) is 0 Å². The third-order valence-electron chi connectivity index (χ3n) is 3.67. The van der Waals surface area contributed by atoms with Crippen molar-refractivity contribution in [2.75, 3.05) is 6.67 Å². The van der Waals surface area contributed by atoms with Crippen molar-refractivity contribution >= 4 is 21.4 Å². The van der Waals surface area contributed by atoms with Crippen molar-refractivity contribution in [1.29, 1.82) is 0 Å². The number of sulfone groups is 1. The van der Waals surface area contributed by atoms with Gasteiger partial charge in [-0.1, -0.05) is 11.6 Å². The van der Waals surface area contributed by atoms with Gasteiger partial charge >= 0.3 is 0 Å². The first-order valence-corrected chi connectivity index (χ1v) is 9.29. The zero-order valence-electron chi connectivity index (χ0n) is 12.7. The Bertz CT molecular complexity index is 792. The van der Waals surface area contributed by atoms with Gasteiger partial charge in [-0.05, 0) is 61.7 Å². The van der Waals surface area contributed by atoms with Gasteiger partial charge < -0.3 is 0 Å². The molecule has 1 atom stereocenters. The molecule has 2 aromatic carbocycles. The van der Waals surface area contributed by atoms with Gasteiger partial charge in [0.2, 0.25) is 0 Å². The Morgan fingerprint density at radius 2 is 1.67 bits per heavy atom. The Labute approximate surface area is 144 Å². The standard InChI is InChI=1S/C17H16ClF3O2S/c18-12-4-7-14(8-5-12)24(22,23)17(3-1-2-10-19)15-11-13(20)6-9-16(15)21/h4-9,11,17H,1-3,10H2. The summed E-state index contributed by atoms with van der Waals surface area (Å²) in [6, 6.07) is 8.15. The molecular formula is C17H16ClF3O2S. The molecule has 0 heterocycles. The van der Waals surface area contributed by atoms with Crippen LogP contribution >= 0.6 is 11.6 Å². The molecule has 0 radical (unpaired) electrons. The SMILES string of the molecule is O=S(=O)(c1ccc(Cl)cc1)C(CCCCF)c1cc(F)ccc1F. The van der Waals surface area contributed by atoms with Gasteiger partial charge in [-0.15, -0.1) is 0 Å². The molecule has 0 aliphatic heterocycles. The second-order valence-electron chi connectivity index (χ2n) is 5.34. The van der Waals surface area contributed by atoms with Crippen LogP contribution < -0.4 is 0 Å². The second kappa shape index (κ2) is 8.03. The van der Waals surface area contributed by atoms with E-state index in [0.717, 1.165) is 18.2 Å². The first kappa shape index (κ1) is 18.8. The van der Waals surface area contributed by atoms with Crippen LogP contribution in [0.25, 0.3) is 0 Å². The van der Waals surface area contributed by atoms with Crippen molar-refractivity contribution in [2.45, 2.75) is 29.4 Å². The third kappa shape index (κ3) is 4.30. The Kier molecular flexibility index (Phi) is 6.29. The van der Waals surface area contributed by atoms with E-state index in [4.69, 9.17) is 11.6 Å². The van der Waals surface area contributed by atoms with Gasteiger partial charge in [0.15, 0.2) is 9.84 Å². The number of benzene rings is 2. The van der Waals surface area contributed by atoms with Crippen LogP contribution in [-0.2, 0) is 9.84 Å². The number of hydrogen-bond acceptors (Lipinski definition) is 2. The molecule has 0 aliphatic rings. The molecule has 1 unspecified atom stereocenters. The highest BCUT2D eigenvalue weighted by atomic mass is 35.5. The largest absolute Gasteiger partial charge is 0.251 e. The maximum absolute atomic E-state index is 14.1. The average Bonchev–Trinajstić information content (AvgIpc) is 2.54. The minimum Gasteiger partial charge on any atom is -0.251 e. The fourth-order valence-corrected chi connectivity index (χ4v) is 4.41. The van der Waals surface area contributed by atoms with E-state index in [9.17, 15) is 21.6 Å². The van der Waals surface area contributed by atoms with Gasteiger partial charge in [0.05, 0.1) is 16.8 Å². The molecular weight excluding hydrogens is 361 g/mol. The quantitative estimate of drug-likeness (QED) is 0.616. The number of alkyl halides is 1. The zero-order valence-corrected chi connectivity index (χ0v) is 14.3. The Morgan fingerprint density at radius 3 is 2.29 bits per heavy atom. The second-order valence-corrected chi connectivity index (χ2v) is 7.91. The molecule has 0 N–H and O–H groups in total. The molecule has 2 aromatic rings. The first-order valence-electron chi connectivity index (χ1n) is 7.36. The topological polar surface area (TPSA) is 34.1 Å². The summed E-state index contributed by atoms with van der Waals surface area (Å²) < 4.78 is 65.7. The van der Waals surface area contributed by atoms with Crippen LogP contribution in [0.5, 0.6) is 0 Å². The van der Waals surface area contributed by atoms with Crippen LogP contribution in [0.15, 0.2) is 47.4 Å². The van der Waals surface area contributed by atoms with E-state index in [0.29, 0.717) is 5.02 Å². The molecule has 0 saturated carbocycles. The fraction of sp³-hybridized carbons (Fsp3) is 0.294.